The van der Waals surface area contributed by atoms with Crippen LogP contribution in [0.5, 0.6) is 0 Å². The third-order valence-electron chi connectivity index (χ3n) is 4.36. The summed E-state index contributed by atoms with van der Waals surface area (Å²) in [5.41, 5.74) is 7.77. The van der Waals surface area contributed by atoms with E-state index in [2.05, 4.69) is 9.82 Å². The highest BCUT2D eigenvalue weighted by Crippen LogP contribution is 2.32. The molecule has 1 aliphatic carbocycles. The zero-order chi connectivity index (χ0) is 18.9. The molecule has 1 aliphatic rings. The number of nitrogen functional groups attached to an aromatic ring is 1. The van der Waals surface area contributed by atoms with Crippen molar-refractivity contribution >= 4 is 21.7 Å². The van der Waals surface area contributed by atoms with Gasteiger partial charge in [-0.25, -0.2) is 17.8 Å². The van der Waals surface area contributed by atoms with Gasteiger partial charge in [0.1, 0.15) is 0 Å². The molecule has 3 N–H and O–H groups in total. The third-order valence-corrected chi connectivity index (χ3v) is 5.83. The molecule has 0 saturated carbocycles. The first kappa shape index (κ1) is 18.4. The number of aromatic nitrogens is 2. The van der Waals surface area contributed by atoms with Crippen LogP contribution in [-0.2, 0) is 26.0 Å². The number of nitrogens with one attached hydrogen (secondary N) is 1. The van der Waals surface area contributed by atoms with Gasteiger partial charge in [-0.15, -0.1) is 0 Å². The van der Waals surface area contributed by atoms with E-state index in [0.717, 1.165) is 24.1 Å². The molecule has 0 aliphatic heterocycles. The van der Waals surface area contributed by atoms with Crippen molar-refractivity contribution in [3.05, 3.63) is 41.7 Å². The van der Waals surface area contributed by atoms with Crippen LogP contribution in [0.3, 0.4) is 0 Å². The lowest BCUT2D eigenvalue weighted by Crippen LogP contribution is -2.31. The summed E-state index contributed by atoms with van der Waals surface area (Å²) >= 11 is 0. The van der Waals surface area contributed by atoms with Gasteiger partial charge in [-0.3, -0.25) is 4.79 Å². The summed E-state index contributed by atoms with van der Waals surface area (Å²) in [7, 11) is -3.71. The summed E-state index contributed by atoms with van der Waals surface area (Å²) in [6, 6.07) is 5.79. The lowest BCUT2D eigenvalue weighted by molar-refractivity contribution is -0.150. The second kappa shape index (κ2) is 7.08. The summed E-state index contributed by atoms with van der Waals surface area (Å²) in [6.45, 7) is 3.07. The predicted molar refractivity (Wildman–Crippen MR) is 95.6 cm³/mol. The number of nitrogens with two attached hydrogens (primary N) is 1. The summed E-state index contributed by atoms with van der Waals surface area (Å²) in [5.74, 6) is -0.392. The van der Waals surface area contributed by atoms with E-state index in [1.807, 2.05) is 0 Å². The van der Waals surface area contributed by atoms with E-state index in [4.69, 9.17) is 10.5 Å². The van der Waals surface area contributed by atoms with Crippen molar-refractivity contribution in [2.75, 3.05) is 5.73 Å². The summed E-state index contributed by atoms with van der Waals surface area (Å²) in [4.78, 5) is 11.3. The Morgan fingerprint density at radius 3 is 2.92 bits per heavy atom. The molecule has 140 valence electrons. The fraction of sp³-hybridized carbons (Fsp3) is 0.412. The number of rotatable bonds is 5. The van der Waals surface area contributed by atoms with Gasteiger partial charge in [-0.1, -0.05) is 6.07 Å². The molecule has 2 atom stereocenters. The maximum Gasteiger partial charge on any atom is 0.304 e. The smallest absolute Gasteiger partial charge is 0.304 e. The number of carbonyl (C=O) groups excluding carboxylic acids is 1. The lowest BCUT2D eigenvalue weighted by atomic mass is 9.94. The minimum atomic E-state index is -3.71. The Labute approximate surface area is 152 Å². The van der Waals surface area contributed by atoms with Crippen LogP contribution in [0.4, 0.5) is 5.69 Å². The summed E-state index contributed by atoms with van der Waals surface area (Å²) in [6.07, 6.45) is 3.32. The van der Waals surface area contributed by atoms with Crippen molar-refractivity contribution in [1.29, 1.82) is 0 Å². The van der Waals surface area contributed by atoms with E-state index in [1.54, 1.807) is 29.9 Å². The first-order valence-corrected chi connectivity index (χ1v) is 9.87. The number of anilines is 1. The average Bonchev–Trinajstić information content (AvgIpc) is 2.99. The molecule has 9 heteroatoms. The second-order valence-electron chi connectivity index (χ2n) is 6.34. The quantitative estimate of drug-likeness (QED) is 0.606. The predicted octanol–water partition coefficient (Wildman–Crippen LogP) is 1.90. The normalized spacial score (nSPS) is 18.2. The molecule has 0 bridgehead atoms. The number of esters is 1. The van der Waals surface area contributed by atoms with Crippen molar-refractivity contribution in [2.24, 2.45) is 0 Å². The Morgan fingerprint density at radius 2 is 2.23 bits per heavy atom. The first-order chi connectivity index (χ1) is 12.3. The van der Waals surface area contributed by atoms with Crippen LogP contribution in [0.1, 0.15) is 50.2 Å². The van der Waals surface area contributed by atoms with E-state index in [0.29, 0.717) is 12.1 Å². The SMILES string of the molecule is CC(=O)OC(C)n1ncc2c1CCCC2NS(=O)(=O)c1cccc(N)c1. The summed E-state index contributed by atoms with van der Waals surface area (Å²) in [5, 5.41) is 4.30. The first-order valence-electron chi connectivity index (χ1n) is 8.39. The molecule has 1 aromatic heterocycles. The number of hydrogen-bond acceptors (Lipinski definition) is 6. The molecule has 0 saturated heterocycles. The minimum absolute atomic E-state index is 0.130. The van der Waals surface area contributed by atoms with Crippen molar-refractivity contribution in [1.82, 2.24) is 14.5 Å². The fourth-order valence-corrected chi connectivity index (χ4v) is 4.55. The Morgan fingerprint density at radius 1 is 1.46 bits per heavy atom. The highest BCUT2D eigenvalue weighted by Gasteiger charge is 2.30. The van der Waals surface area contributed by atoms with Crippen molar-refractivity contribution in [2.45, 2.75) is 50.3 Å². The van der Waals surface area contributed by atoms with Crippen LogP contribution >= 0.6 is 0 Å². The van der Waals surface area contributed by atoms with E-state index in [9.17, 15) is 13.2 Å². The number of fused-ring (bicyclic) bond motifs is 1. The van der Waals surface area contributed by atoms with E-state index >= 15 is 0 Å². The minimum Gasteiger partial charge on any atom is -0.440 e. The van der Waals surface area contributed by atoms with E-state index in [-0.39, 0.29) is 10.9 Å². The monoisotopic (exact) mass is 378 g/mol. The number of hydrogen-bond donors (Lipinski definition) is 2. The lowest BCUT2D eigenvalue weighted by Gasteiger charge is -2.25. The molecule has 2 aromatic rings. The van der Waals surface area contributed by atoms with E-state index < -0.39 is 22.2 Å². The molecule has 1 heterocycles. The zero-order valence-corrected chi connectivity index (χ0v) is 15.5. The molecule has 3 rings (SSSR count). The van der Waals surface area contributed by atoms with Gasteiger partial charge in [-0.05, 0) is 44.4 Å². The van der Waals surface area contributed by atoms with Gasteiger partial charge in [0.15, 0.2) is 6.23 Å². The van der Waals surface area contributed by atoms with Crippen molar-refractivity contribution in [3.63, 3.8) is 0 Å². The van der Waals surface area contributed by atoms with Crippen LogP contribution in [0.25, 0.3) is 0 Å². The number of benzene rings is 1. The molecule has 0 amide bonds. The molecule has 1 aromatic carbocycles. The molecule has 26 heavy (non-hydrogen) atoms. The van der Waals surface area contributed by atoms with Gasteiger partial charge in [0.2, 0.25) is 10.0 Å². The molecular formula is C17H22N4O4S. The molecule has 8 nitrogen and oxygen atoms in total. The topological polar surface area (TPSA) is 116 Å². The molecule has 0 fully saturated rings. The Balaban J connectivity index is 1.86. The fourth-order valence-electron chi connectivity index (χ4n) is 3.24. The number of sulfonamides is 1. The molecule has 0 radical (unpaired) electrons. The van der Waals surface area contributed by atoms with Crippen LogP contribution in [0, 0.1) is 0 Å². The number of nitrogens with zero attached hydrogens (tertiary/aromatic N) is 2. The van der Waals surface area contributed by atoms with Gasteiger partial charge in [0.05, 0.1) is 17.1 Å². The highest BCUT2D eigenvalue weighted by atomic mass is 32.2. The van der Waals surface area contributed by atoms with Gasteiger partial charge in [-0.2, -0.15) is 5.10 Å². The number of ether oxygens (including phenoxy) is 1. The maximum atomic E-state index is 12.7. The second-order valence-corrected chi connectivity index (χ2v) is 8.05. The van der Waals surface area contributed by atoms with Crippen LogP contribution in [0.15, 0.2) is 35.4 Å². The molecule has 2 unspecified atom stereocenters. The van der Waals surface area contributed by atoms with Crippen molar-refractivity contribution < 1.29 is 17.9 Å². The van der Waals surface area contributed by atoms with Crippen molar-refractivity contribution in [3.8, 4) is 0 Å². The Bertz CT molecular complexity index is 923. The zero-order valence-electron chi connectivity index (χ0n) is 14.7. The van der Waals surface area contributed by atoms with Gasteiger partial charge in [0.25, 0.3) is 0 Å². The van der Waals surface area contributed by atoms with Gasteiger partial charge in [0, 0.05) is 23.9 Å². The average molecular weight is 378 g/mol. The largest absolute Gasteiger partial charge is 0.440 e. The van der Waals surface area contributed by atoms with Crippen LogP contribution in [0.2, 0.25) is 0 Å². The summed E-state index contributed by atoms with van der Waals surface area (Å²) < 4.78 is 34.9. The van der Waals surface area contributed by atoms with Crippen LogP contribution in [-0.4, -0.2) is 24.2 Å². The molecule has 0 spiro atoms. The standard InChI is InChI=1S/C17H22N4O4S/c1-11(25-12(2)22)21-17-8-4-7-16(15(17)10-19-21)20-26(23,24)14-6-3-5-13(18)9-14/h3,5-6,9-11,16,20H,4,7-8,18H2,1-2H3. The maximum absolute atomic E-state index is 12.7. The highest BCUT2D eigenvalue weighted by molar-refractivity contribution is 7.89. The van der Waals surface area contributed by atoms with Gasteiger partial charge >= 0.3 is 5.97 Å². The van der Waals surface area contributed by atoms with E-state index in [1.165, 1.54) is 19.1 Å². The Kier molecular flexibility index (Phi) is 5.01. The van der Waals surface area contributed by atoms with Crippen LogP contribution < -0.4 is 10.5 Å². The van der Waals surface area contributed by atoms with Gasteiger partial charge < -0.3 is 10.5 Å². The Hall–Kier alpha value is -2.39. The molecular weight excluding hydrogens is 356 g/mol. The third kappa shape index (κ3) is 3.73. The number of carbonyl (C=O) groups is 1.